The molecule has 0 fully saturated rings. The van der Waals surface area contributed by atoms with Gasteiger partial charge in [-0.2, -0.15) is 0 Å². The van der Waals surface area contributed by atoms with Crippen molar-refractivity contribution < 1.29 is 9.90 Å². The number of aryl methyl sites for hydroxylation is 1. The van der Waals surface area contributed by atoms with E-state index >= 15 is 0 Å². The molecule has 0 saturated carbocycles. The van der Waals surface area contributed by atoms with Gasteiger partial charge in [0.25, 0.3) is 0 Å². The third-order valence-electron chi connectivity index (χ3n) is 2.81. The van der Waals surface area contributed by atoms with Gasteiger partial charge in [0.15, 0.2) is 0 Å². The van der Waals surface area contributed by atoms with Crippen LogP contribution in [0.1, 0.15) is 21.5 Å². The molecule has 0 radical (unpaired) electrons. The first-order valence-electron chi connectivity index (χ1n) is 5.79. The van der Waals surface area contributed by atoms with E-state index in [0.717, 1.165) is 11.1 Å². The quantitative estimate of drug-likeness (QED) is 0.863. The number of rotatable bonds is 4. The molecule has 18 heavy (non-hydrogen) atoms. The fourth-order valence-corrected chi connectivity index (χ4v) is 1.89. The van der Waals surface area contributed by atoms with E-state index in [4.69, 9.17) is 0 Å². The van der Waals surface area contributed by atoms with E-state index < -0.39 is 5.97 Å². The zero-order valence-corrected chi connectivity index (χ0v) is 10.2. The SMILES string of the molecule is Cc1cccc(NCc2ccccc2)c1C(=O)O. The topological polar surface area (TPSA) is 49.3 Å². The first kappa shape index (κ1) is 12.2. The molecule has 3 heteroatoms. The second-order valence-electron chi connectivity index (χ2n) is 4.14. The van der Waals surface area contributed by atoms with E-state index in [1.807, 2.05) is 36.4 Å². The smallest absolute Gasteiger partial charge is 0.338 e. The average Bonchev–Trinajstić information content (AvgIpc) is 2.37. The maximum absolute atomic E-state index is 11.2. The van der Waals surface area contributed by atoms with Gasteiger partial charge in [-0.25, -0.2) is 4.79 Å². The van der Waals surface area contributed by atoms with E-state index in [-0.39, 0.29) is 0 Å². The Kier molecular flexibility index (Phi) is 3.63. The number of carbonyl (C=O) groups is 1. The summed E-state index contributed by atoms with van der Waals surface area (Å²) in [5.41, 5.74) is 2.88. The number of nitrogens with one attached hydrogen (secondary N) is 1. The minimum Gasteiger partial charge on any atom is -0.478 e. The van der Waals surface area contributed by atoms with Crippen molar-refractivity contribution in [3.8, 4) is 0 Å². The fourth-order valence-electron chi connectivity index (χ4n) is 1.89. The first-order chi connectivity index (χ1) is 8.68. The molecule has 0 bridgehead atoms. The lowest BCUT2D eigenvalue weighted by Gasteiger charge is -2.11. The highest BCUT2D eigenvalue weighted by molar-refractivity contribution is 5.95. The van der Waals surface area contributed by atoms with Gasteiger partial charge >= 0.3 is 5.97 Å². The first-order valence-corrected chi connectivity index (χ1v) is 5.79. The van der Waals surface area contributed by atoms with Crippen molar-refractivity contribution in [3.05, 3.63) is 65.2 Å². The molecule has 0 spiro atoms. The Labute approximate surface area is 106 Å². The highest BCUT2D eigenvalue weighted by Gasteiger charge is 2.12. The molecule has 0 heterocycles. The summed E-state index contributed by atoms with van der Waals surface area (Å²) in [6.07, 6.45) is 0. The van der Waals surface area contributed by atoms with E-state index in [0.29, 0.717) is 17.8 Å². The summed E-state index contributed by atoms with van der Waals surface area (Å²) in [7, 11) is 0. The summed E-state index contributed by atoms with van der Waals surface area (Å²) < 4.78 is 0. The van der Waals surface area contributed by atoms with Crippen molar-refractivity contribution in [1.82, 2.24) is 0 Å². The van der Waals surface area contributed by atoms with Crippen LogP contribution in [0.5, 0.6) is 0 Å². The van der Waals surface area contributed by atoms with Gasteiger partial charge < -0.3 is 10.4 Å². The van der Waals surface area contributed by atoms with Crippen LogP contribution in [0.15, 0.2) is 48.5 Å². The predicted octanol–water partition coefficient (Wildman–Crippen LogP) is 3.31. The largest absolute Gasteiger partial charge is 0.478 e. The van der Waals surface area contributed by atoms with Gasteiger partial charge in [0.1, 0.15) is 0 Å². The van der Waals surface area contributed by atoms with E-state index in [2.05, 4.69) is 5.32 Å². The molecule has 2 N–H and O–H groups in total. The summed E-state index contributed by atoms with van der Waals surface area (Å²) in [4.78, 5) is 11.2. The summed E-state index contributed by atoms with van der Waals surface area (Å²) in [5, 5.41) is 12.4. The molecule has 0 atom stereocenters. The number of aromatic carboxylic acids is 1. The number of benzene rings is 2. The van der Waals surface area contributed by atoms with E-state index in [1.165, 1.54) is 0 Å². The van der Waals surface area contributed by atoms with Gasteiger partial charge in [-0.05, 0) is 24.1 Å². The Morgan fingerprint density at radius 1 is 1.11 bits per heavy atom. The molecule has 92 valence electrons. The summed E-state index contributed by atoms with van der Waals surface area (Å²) >= 11 is 0. The van der Waals surface area contributed by atoms with Crippen LogP contribution in [-0.2, 0) is 6.54 Å². The van der Waals surface area contributed by atoms with Gasteiger partial charge in [-0.3, -0.25) is 0 Å². The molecular weight excluding hydrogens is 226 g/mol. The molecule has 0 aliphatic heterocycles. The number of hydrogen-bond donors (Lipinski definition) is 2. The van der Waals surface area contributed by atoms with Gasteiger partial charge in [0, 0.05) is 12.2 Å². The maximum Gasteiger partial charge on any atom is 0.338 e. The lowest BCUT2D eigenvalue weighted by Crippen LogP contribution is -2.08. The minimum absolute atomic E-state index is 0.341. The Morgan fingerprint density at radius 2 is 1.83 bits per heavy atom. The van der Waals surface area contributed by atoms with Crippen LogP contribution in [0, 0.1) is 6.92 Å². The molecule has 2 aromatic rings. The molecule has 0 aliphatic carbocycles. The van der Waals surface area contributed by atoms with E-state index in [9.17, 15) is 9.90 Å². The van der Waals surface area contributed by atoms with Crippen LogP contribution in [0.2, 0.25) is 0 Å². The van der Waals surface area contributed by atoms with Crippen molar-refractivity contribution in [2.24, 2.45) is 0 Å². The van der Waals surface area contributed by atoms with Gasteiger partial charge in [-0.1, -0.05) is 42.5 Å². The molecule has 0 aromatic heterocycles. The Hall–Kier alpha value is -2.29. The third-order valence-corrected chi connectivity index (χ3v) is 2.81. The molecule has 3 nitrogen and oxygen atoms in total. The third kappa shape index (κ3) is 2.69. The Morgan fingerprint density at radius 3 is 2.50 bits per heavy atom. The number of anilines is 1. The lowest BCUT2D eigenvalue weighted by atomic mass is 10.1. The average molecular weight is 241 g/mol. The van der Waals surface area contributed by atoms with Gasteiger partial charge in [0.05, 0.1) is 5.56 Å². The molecule has 0 amide bonds. The van der Waals surface area contributed by atoms with Crippen LogP contribution in [0.4, 0.5) is 5.69 Å². The second-order valence-corrected chi connectivity index (χ2v) is 4.14. The van der Waals surface area contributed by atoms with Crippen molar-refractivity contribution in [1.29, 1.82) is 0 Å². The molecular formula is C15H15NO2. The Bertz CT molecular complexity index is 550. The molecule has 0 unspecified atom stereocenters. The predicted molar refractivity (Wildman–Crippen MR) is 71.9 cm³/mol. The standard InChI is InChI=1S/C15H15NO2/c1-11-6-5-9-13(14(11)15(17)18)16-10-12-7-3-2-4-8-12/h2-9,16H,10H2,1H3,(H,17,18). The monoisotopic (exact) mass is 241 g/mol. The number of hydrogen-bond acceptors (Lipinski definition) is 2. The normalized spacial score (nSPS) is 10.1. The Balaban J connectivity index is 2.20. The van der Waals surface area contributed by atoms with Crippen LogP contribution in [0.25, 0.3) is 0 Å². The zero-order chi connectivity index (χ0) is 13.0. The molecule has 0 saturated heterocycles. The van der Waals surface area contributed by atoms with Crippen LogP contribution in [0.3, 0.4) is 0 Å². The van der Waals surface area contributed by atoms with Crippen molar-refractivity contribution in [3.63, 3.8) is 0 Å². The highest BCUT2D eigenvalue weighted by Crippen LogP contribution is 2.20. The maximum atomic E-state index is 11.2. The van der Waals surface area contributed by atoms with Gasteiger partial charge in [0.2, 0.25) is 0 Å². The van der Waals surface area contributed by atoms with Crippen molar-refractivity contribution in [2.75, 3.05) is 5.32 Å². The second kappa shape index (κ2) is 5.36. The fraction of sp³-hybridized carbons (Fsp3) is 0.133. The zero-order valence-electron chi connectivity index (χ0n) is 10.2. The molecule has 2 rings (SSSR count). The van der Waals surface area contributed by atoms with Crippen LogP contribution >= 0.6 is 0 Å². The minimum atomic E-state index is -0.899. The summed E-state index contributed by atoms with van der Waals surface area (Å²) in [6, 6.07) is 15.3. The summed E-state index contributed by atoms with van der Waals surface area (Å²) in [5.74, 6) is -0.899. The number of carboxylic acids is 1. The summed E-state index contributed by atoms with van der Waals surface area (Å²) in [6.45, 7) is 2.42. The highest BCUT2D eigenvalue weighted by atomic mass is 16.4. The van der Waals surface area contributed by atoms with Gasteiger partial charge in [-0.15, -0.1) is 0 Å². The van der Waals surface area contributed by atoms with Crippen LogP contribution < -0.4 is 5.32 Å². The van der Waals surface area contributed by atoms with Crippen molar-refractivity contribution >= 4 is 11.7 Å². The van der Waals surface area contributed by atoms with Crippen molar-refractivity contribution in [2.45, 2.75) is 13.5 Å². The number of carboxylic acid groups (broad SMARTS) is 1. The molecule has 2 aromatic carbocycles. The van der Waals surface area contributed by atoms with E-state index in [1.54, 1.807) is 19.1 Å². The molecule has 0 aliphatic rings. The van der Waals surface area contributed by atoms with Crippen LogP contribution in [-0.4, -0.2) is 11.1 Å². The lowest BCUT2D eigenvalue weighted by molar-refractivity contribution is 0.0697.